The fraction of sp³-hybridized carbons (Fsp3) is 0.862. The van der Waals surface area contributed by atoms with E-state index < -0.39 is 5.60 Å². The van der Waals surface area contributed by atoms with Gasteiger partial charge < -0.3 is 5.11 Å². The minimum atomic E-state index is -0.417. The summed E-state index contributed by atoms with van der Waals surface area (Å²) >= 11 is 0. The molecule has 1 aromatic heterocycles. The highest BCUT2D eigenvalue weighted by Gasteiger charge is 2.63. The summed E-state index contributed by atoms with van der Waals surface area (Å²) in [6, 6.07) is 2.23. The van der Waals surface area contributed by atoms with Crippen LogP contribution in [0.25, 0.3) is 0 Å². The van der Waals surface area contributed by atoms with E-state index in [9.17, 15) is 10.4 Å². The van der Waals surface area contributed by atoms with Crippen molar-refractivity contribution < 1.29 is 5.11 Å². The van der Waals surface area contributed by atoms with E-state index in [0.29, 0.717) is 16.9 Å². The highest BCUT2D eigenvalue weighted by Crippen LogP contribution is 2.70. The minimum Gasteiger partial charge on any atom is -0.390 e. The monoisotopic (exact) mass is 449 g/mol. The van der Waals surface area contributed by atoms with Crippen molar-refractivity contribution in [3.05, 3.63) is 18.0 Å². The van der Waals surface area contributed by atoms with Crippen LogP contribution in [0.1, 0.15) is 90.5 Å². The van der Waals surface area contributed by atoms with Crippen LogP contribution in [-0.2, 0) is 6.54 Å². The zero-order valence-corrected chi connectivity index (χ0v) is 20.9. The molecule has 1 heterocycles. The summed E-state index contributed by atoms with van der Waals surface area (Å²) in [5.74, 6) is 7.69. The van der Waals surface area contributed by atoms with Gasteiger partial charge in [0.2, 0.25) is 0 Å². The molecule has 4 nitrogen and oxygen atoms in total. The molecule has 180 valence electrons. The maximum absolute atomic E-state index is 10.7. The largest absolute Gasteiger partial charge is 0.390 e. The van der Waals surface area contributed by atoms with E-state index in [0.717, 1.165) is 66.7 Å². The summed E-state index contributed by atoms with van der Waals surface area (Å²) in [5, 5.41) is 24.4. The number of aromatic nitrogens is 2. The third kappa shape index (κ3) is 3.69. The SMILES string of the molecule is CC(Cn1cc(C#N)cn1)[C@H]1C[C@@H](C2CC2)[C@H]2[C@@H]3CC[C@@H]4C[C@](C)(O)CC[C@@H]4[C@H]3CC[C@@]21C. The van der Waals surface area contributed by atoms with Crippen LogP contribution in [-0.4, -0.2) is 20.5 Å². The van der Waals surface area contributed by atoms with Crippen LogP contribution in [0.3, 0.4) is 0 Å². The van der Waals surface area contributed by atoms with Gasteiger partial charge >= 0.3 is 0 Å². The van der Waals surface area contributed by atoms with Crippen LogP contribution in [0.4, 0.5) is 0 Å². The van der Waals surface area contributed by atoms with E-state index in [1.165, 1.54) is 51.4 Å². The molecule has 0 radical (unpaired) electrons. The van der Waals surface area contributed by atoms with Crippen molar-refractivity contribution in [2.24, 2.45) is 58.7 Å². The number of hydrogen-bond donors (Lipinski definition) is 1. The number of hydrogen-bond acceptors (Lipinski definition) is 3. The van der Waals surface area contributed by atoms with E-state index in [4.69, 9.17) is 0 Å². The Morgan fingerprint density at radius 3 is 2.55 bits per heavy atom. The number of rotatable bonds is 4. The molecule has 5 saturated carbocycles. The molecule has 6 rings (SSSR count). The predicted molar refractivity (Wildman–Crippen MR) is 129 cm³/mol. The average molecular weight is 450 g/mol. The molecule has 0 aromatic carbocycles. The van der Waals surface area contributed by atoms with E-state index in [2.05, 4.69) is 31.9 Å². The quantitative estimate of drug-likeness (QED) is 0.609. The molecular weight excluding hydrogens is 406 g/mol. The molecule has 5 aliphatic rings. The van der Waals surface area contributed by atoms with Crippen LogP contribution in [0, 0.1) is 70.0 Å². The van der Waals surface area contributed by atoms with Gasteiger partial charge in [-0.3, -0.25) is 4.68 Å². The molecule has 33 heavy (non-hydrogen) atoms. The molecule has 5 aliphatic carbocycles. The highest BCUT2D eigenvalue weighted by atomic mass is 16.3. The van der Waals surface area contributed by atoms with Crippen molar-refractivity contribution >= 4 is 0 Å². The normalized spacial score (nSPS) is 47.8. The molecule has 0 bridgehead atoms. The lowest BCUT2D eigenvalue weighted by molar-refractivity contribution is -0.110. The summed E-state index contributed by atoms with van der Waals surface area (Å²) in [4.78, 5) is 0. The van der Waals surface area contributed by atoms with Gasteiger partial charge in [-0.2, -0.15) is 10.4 Å². The Kier molecular flexibility index (Phi) is 5.26. The predicted octanol–water partition coefficient (Wildman–Crippen LogP) is 6.05. The standard InChI is InChI=1S/C29H43N3O/c1-18(16-32-17-19(14-30)15-31-32)26-12-25(20-4-5-20)27-24-7-6-21-13-28(2,33)10-8-22(21)23(24)9-11-29(26,27)3/h15,17-18,20-27,33H,4-13,16H2,1-3H3/t18?,21-,22+,23-,24-,25+,26-,27-,28-,29-/m1/s1. The Morgan fingerprint density at radius 1 is 1.06 bits per heavy atom. The zero-order valence-electron chi connectivity index (χ0n) is 20.9. The van der Waals surface area contributed by atoms with E-state index in [-0.39, 0.29) is 0 Å². The lowest BCUT2D eigenvalue weighted by Gasteiger charge is -2.58. The summed E-state index contributed by atoms with van der Waals surface area (Å²) in [6.45, 7) is 8.17. The lowest BCUT2D eigenvalue weighted by Crippen LogP contribution is -2.52. The first kappa shape index (κ1) is 22.1. The van der Waals surface area contributed by atoms with Gasteiger partial charge in [0, 0.05) is 12.7 Å². The summed E-state index contributed by atoms with van der Waals surface area (Å²) in [6.07, 6.45) is 16.9. The fourth-order valence-corrected chi connectivity index (χ4v) is 10.1. The zero-order chi connectivity index (χ0) is 23.0. The van der Waals surface area contributed by atoms with Crippen LogP contribution in [0.5, 0.6) is 0 Å². The van der Waals surface area contributed by atoms with Crippen molar-refractivity contribution in [2.45, 2.75) is 97.1 Å². The van der Waals surface area contributed by atoms with Gasteiger partial charge in [-0.15, -0.1) is 0 Å². The first-order chi connectivity index (χ1) is 15.8. The minimum absolute atomic E-state index is 0.417. The Balaban J connectivity index is 1.25. The second-order valence-electron chi connectivity index (χ2n) is 13.5. The van der Waals surface area contributed by atoms with Crippen molar-refractivity contribution in [2.75, 3.05) is 0 Å². The molecule has 1 aromatic rings. The number of fused-ring (bicyclic) bond motifs is 5. The van der Waals surface area contributed by atoms with Gasteiger partial charge in [-0.1, -0.05) is 13.8 Å². The van der Waals surface area contributed by atoms with Gasteiger partial charge in [-0.25, -0.2) is 0 Å². The van der Waals surface area contributed by atoms with Gasteiger partial charge in [0.1, 0.15) is 6.07 Å². The molecule has 5 fully saturated rings. The van der Waals surface area contributed by atoms with Gasteiger partial charge in [-0.05, 0) is 130 Å². The molecule has 0 spiro atoms. The first-order valence-corrected chi connectivity index (χ1v) is 13.9. The number of aliphatic hydroxyl groups is 1. The van der Waals surface area contributed by atoms with Crippen molar-refractivity contribution in [3.63, 3.8) is 0 Å². The number of nitrogens with zero attached hydrogens (tertiary/aromatic N) is 3. The second-order valence-corrected chi connectivity index (χ2v) is 13.5. The molecule has 10 atom stereocenters. The maximum Gasteiger partial charge on any atom is 0.102 e. The van der Waals surface area contributed by atoms with Gasteiger partial charge in [0.15, 0.2) is 0 Å². The Bertz CT molecular complexity index is 926. The average Bonchev–Trinajstić information content (AvgIpc) is 3.43. The molecule has 0 aliphatic heterocycles. The molecule has 0 saturated heterocycles. The van der Waals surface area contributed by atoms with Crippen molar-refractivity contribution in [3.8, 4) is 6.07 Å². The van der Waals surface area contributed by atoms with E-state index >= 15 is 0 Å². The Hall–Kier alpha value is -1.34. The second kappa shape index (κ2) is 7.84. The van der Waals surface area contributed by atoms with Crippen LogP contribution >= 0.6 is 0 Å². The smallest absolute Gasteiger partial charge is 0.102 e. The molecule has 1 N–H and O–H groups in total. The maximum atomic E-state index is 10.7. The molecular formula is C29H43N3O. The molecule has 4 heteroatoms. The van der Waals surface area contributed by atoms with Crippen LogP contribution < -0.4 is 0 Å². The topological polar surface area (TPSA) is 61.8 Å². The Morgan fingerprint density at radius 2 is 1.82 bits per heavy atom. The third-order valence-electron chi connectivity index (χ3n) is 11.5. The van der Waals surface area contributed by atoms with E-state index in [1.807, 2.05) is 10.9 Å². The highest BCUT2D eigenvalue weighted by molar-refractivity contribution is 5.21. The molecule has 0 amide bonds. The fourth-order valence-electron chi connectivity index (χ4n) is 10.1. The van der Waals surface area contributed by atoms with Gasteiger partial charge in [0.05, 0.1) is 17.4 Å². The third-order valence-corrected chi connectivity index (χ3v) is 11.5. The molecule has 1 unspecified atom stereocenters. The van der Waals surface area contributed by atoms with E-state index in [1.54, 1.807) is 6.20 Å². The summed E-state index contributed by atoms with van der Waals surface area (Å²) in [5.41, 5.74) is 0.725. The van der Waals surface area contributed by atoms with Crippen molar-refractivity contribution in [1.29, 1.82) is 5.26 Å². The van der Waals surface area contributed by atoms with Crippen LogP contribution in [0.15, 0.2) is 12.4 Å². The first-order valence-electron chi connectivity index (χ1n) is 13.9. The number of nitriles is 1. The summed E-state index contributed by atoms with van der Waals surface area (Å²) in [7, 11) is 0. The van der Waals surface area contributed by atoms with Crippen LogP contribution in [0.2, 0.25) is 0 Å². The van der Waals surface area contributed by atoms with Crippen molar-refractivity contribution in [1.82, 2.24) is 9.78 Å². The Labute approximate surface area is 200 Å². The lowest BCUT2D eigenvalue weighted by atomic mass is 9.47. The van der Waals surface area contributed by atoms with Gasteiger partial charge in [0.25, 0.3) is 0 Å². The summed E-state index contributed by atoms with van der Waals surface area (Å²) < 4.78 is 2.02.